The summed E-state index contributed by atoms with van der Waals surface area (Å²) in [7, 11) is 0. The predicted molar refractivity (Wildman–Crippen MR) is 70.5 cm³/mol. The molecule has 0 spiro atoms. The van der Waals surface area contributed by atoms with E-state index in [0.29, 0.717) is 5.16 Å². The molecular weight excluding hydrogens is 264 g/mol. The maximum absolute atomic E-state index is 11.8. The van der Waals surface area contributed by atoms with Gasteiger partial charge in [0.15, 0.2) is 5.16 Å². The zero-order valence-electron chi connectivity index (χ0n) is 10.5. The highest BCUT2D eigenvalue weighted by atomic mass is 32.2. The highest BCUT2D eigenvalue weighted by Crippen LogP contribution is 2.39. The van der Waals surface area contributed by atoms with Crippen molar-refractivity contribution in [2.45, 2.75) is 30.5 Å². The third-order valence-corrected chi connectivity index (χ3v) is 3.90. The van der Waals surface area contributed by atoms with Gasteiger partial charge in [0.2, 0.25) is 5.91 Å². The monoisotopic (exact) mass is 278 g/mol. The molecule has 1 atom stereocenters. The summed E-state index contributed by atoms with van der Waals surface area (Å²) in [6.45, 7) is 1.75. The standard InChI is InChI=1S/C12H14N4O2S/c1-12(7-13,8-2-3-8)16-10(18)6-19-11-14-5-4-9(17)15-11/h4-5,8H,2-3,6H2,1H3,(H,16,18)(H,14,15,17)/t12-/m1/s1. The Morgan fingerprint density at radius 3 is 3.05 bits per heavy atom. The first kappa shape index (κ1) is 13.6. The molecule has 1 aliphatic carbocycles. The molecule has 0 unspecified atom stereocenters. The Morgan fingerprint density at radius 1 is 1.74 bits per heavy atom. The van der Waals surface area contributed by atoms with Crippen molar-refractivity contribution in [2.24, 2.45) is 5.92 Å². The molecule has 1 aromatic heterocycles. The van der Waals surface area contributed by atoms with Crippen LogP contribution in [0, 0.1) is 17.2 Å². The lowest BCUT2D eigenvalue weighted by molar-refractivity contribution is -0.119. The van der Waals surface area contributed by atoms with Gasteiger partial charge in [-0.15, -0.1) is 0 Å². The fourth-order valence-electron chi connectivity index (χ4n) is 1.77. The van der Waals surface area contributed by atoms with E-state index in [2.05, 4.69) is 21.4 Å². The molecule has 100 valence electrons. The van der Waals surface area contributed by atoms with E-state index >= 15 is 0 Å². The number of carbonyl (C=O) groups is 1. The van der Waals surface area contributed by atoms with Gasteiger partial charge in [-0.1, -0.05) is 11.8 Å². The molecule has 1 fully saturated rings. The number of thioether (sulfide) groups is 1. The van der Waals surface area contributed by atoms with E-state index < -0.39 is 5.54 Å². The van der Waals surface area contributed by atoms with Gasteiger partial charge >= 0.3 is 0 Å². The normalized spacial score (nSPS) is 17.3. The van der Waals surface area contributed by atoms with Crippen LogP contribution in [0.2, 0.25) is 0 Å². The van der Waals surface area contributed by atoms with E-state index in [4.69, 9.17) is 5.26 Å². The molecular formula is C12H14N4O2S. The van der Waals surface area contributed by atoms with Crippen molar-refractivity contribution in [2.75, 3.05) is 5.75 Å². The van der Waals surface area contributed by atoms with Crippen LogP contribution in [0.25, 0.3) is 0 Å². The topological polar surface area (TPSA) is 98.6 Å². The van der Waals surface area contributed by atoms with Crippen LogP contribution in [0.15, 0.2) is 22.2 Å². The molecule has 1 aliphatic rings. The maximum atomic E-state index is 11.8. The maximum Gasteiger partial charge on any atom is 0.251 e. The third-order valence-electron chi connectivity index (χ3n) is 3.01. The van der Waals surface area contributed by atoms with Gasteiger partial charge in [0.25, 0.3) is 5.56 Å². The summed E-state index contributed by atoms with van der Waals surface area (Å²) >= 11 is 1.14. The summed E-state index contributed by atoms with van der Waals surface area (Å²) in [4.78, 5) is 29.3. The molecule has 0 aromatic carbocycles. The Labute approximate surface area is 114 Å². The number of hydrogen-bond acceptors (Lipinski definition) is 5. The van der Waals surface area contributed by atoms with Gasteiger partial charge in [-0.2, -0.15) is 5.26 Å². The molecule has 1 aromatic rings. The smallest absolute Gasteiger partial charge is 0.251 e. The molecule has 6 nitrogen and oxygen atoms in total. The fourth-order valence-corrected chi connectivity index (χ4v) is 2.42. The number of rotatable bonds is 5. The summed E-state index contributed by atoms with van der Waals surface area (Å²) in [5.74, 6) is 0.144. The van der Waals surface area contributed by atoms with Gasteiger partial charge in [0, 0.05) is 12.3 Å². The Morgan fingerprint density at radius 2 is 2.47 bits per heavy atom. The Kier molecular flexibility index (Phi) is 3.90. The zero-order chi connectivity index (χ0) is 13.9. The van der Waals surface area contributed by atoms with Crippen LogP contribution < -0.4 is 10.9 Å². The van der Waals surface area contributed by atoms with E-state index in [1.54, 1.807) is 6.92 Å². The first-order chi connectivity index (χ1) is 9.03. The molecule has 2 rings (SSSR count). The van der Waals surface area contributed by atoms with Crippen molar-refractivity contribution >= 4 is 17.7 Å². The van der Waals surface area contributed by atoms with E-state index in [1.165, 1.54) is 12.3 Å². The van der Waals surface area contributed by atoms with Crippen molar-refractivity contribution in [3.8, 4) is 6.07 Å². The molecule has 0 aliphatic heterocycles. The van der Waals surface area contributed by atoms with Gasteiger partial charge in [-0.25, -0.2) is 4.98 Å². The number of nitrogens with zero attached hydrogens (tertiary/aromatic N) is 2. The number of amides is 1. The second-order valence-corrected chi connectivity index (χ2v) is 5.63. The Balaban J connectivity index is 1.88. The van der Waals surface area contributed by atoms with E-state index in [0.717, 1.165) is 24.6 Å². The second-order valence-electron chi connectivity index (χ2n) is 4.66. The SMILES string of the molecule is C[C@](C#N)(NC(=O)CSc1nccc(=O)[nH]1)C1CC1. The third kappa shape index (κ3) is 3.58. The van der Waals surface area contributed by atoms with Gasteiger partial charge < -0.3 is 10.3 Å². The molecule has 0 saturated heterocycles. The lowest BCUT2D eigenvalue weighted by atomic mass is 9.98. The van der Waals surface area contributed by atoms with Crippen LogP contribution in [0.3, 0.4) is 0 Å². The molecule has 19 heavy (non-hydrogen) atoms. The van der Waals surface area contributed by atoms with Crippen LogP contribution in [0.1, 0.15) is 19.8 Å². The molecule has 0 radical (unpaired) electrons. The van der Waals surface area contributed by atoms with Crippen molar-refractivity contribution in [3.05, 3.63) is 22.6 Å². The molecule has 1 saturated carbocycles. The van der Waals surface area contributed by atoms with Gasteiger partial charge in [0.05, 0.1) is 11.8 Å². The average molecular weight is 278 g/mol. The van der Waals surface area contributed by atoms with E-state index in [1.807, 2.05) is 0 Å². The van der Waals surface area contributed by atoms with Gasteiger partial charge in [-0.3, -0.25) is 9.59 Å². The minimum Gasteiger partial charge on any atom is -0.337 e. The van der Waals surface area contributed by atoms with Crippen LogP contribution >= 0.6 is 11.8 Å². The van der Waals surface area contributed by atoms with Crippen molar-refractivity contribution in [1.29, 1.82) is 5.26 Å². The van der Waals surface area contributed by atoms with Crippen molar-refractivity contribution in [1.82, 2.24) is 15.3 Å². The fraction of sp³-hybridized carbons (Fsp3) is 0.500. The number of aromatic amines is 1. The highest BCUT2D eigenvalue weighted by molar-refractivity contribution is 7.99. The molecule has 1 amide bonds. The zero-order valence-corrected chi connectivity index (χ0v) is 11.3. The first-order valence-electron chi connectivity index (χ1n) is 5.94. The highest BCUT2D eigenvalue weighted by Gasteiger charge is 2.42. The largest absolute Gasteiger partial charge is 0.337 e. The van der Waals surface area contributed by atoms with Gasteiger partial charge in [-0.05, 0) is 25.7 Å². The Hall–Kier alpha value is -1.81. The lowest BCUT2D eigenvalue weighted by Crippen LogP contribution is -2.47. The summed E-state index contributed by atoms with van der Waals surface area (Å²) in [6.07, 6.45) is 3.35. The molecule has 0 bridgehead atoms. The number of aromatic nitrogens is 2. The summed E-state index contributed by atoms with van der Waals surface area (Å²) in [5, 5.41) is 12.3. The predicted octanol–water partition coefficient (Wildman–Crippen LogP) is 0.670. The minimum absolute atomic E-state index is 0.122. The van der Waals surface area contributed by atoms with Crippen molar-refractivity contribution in [3.63, 3.8) is 0 Å². The summed E-state index contributed by atoms with van der Waals surface area (Å²) in [6, 6.07) is 3.47. The minimum atomic E-state index is -0.783. The Bertz CT molecular complexity index is 576. The summed E-state index contributed by atoms with van der Waals surface area (Å²) < 4.78 is 0. The van der Waals surface area contributed by atoms with Crippen LogP contribution in [-0.2, 0) is 4.79 Å². The number of nitriles is 1. The van der Waals surface area contributed by atoms with Crippen LogP contribution in [-0.4, -0.2) is 27.2 Å². The first-order valence-corrected chi connectivity index (χ1v) is 6.92. The molecule has 2 N–H and O–H groups in total. The van der Waals surface area contributed by atoms with Crippen LogP contribution in [0.4, 0.5) is 0 Å². The molecule has 1 heterocycles. The molecule has 7 heteroatoms. The average Bonchev–Trinajstić information content (AvgIpc) is 3.21. The quantitative estimate of drug-likeness (QED) is 0.609. The van der Waals surface area contributed by atoms with Crippen LogP contribution in [0.5, 0.6) is 0 Å². The van der Waals surface area contributed by atoms with E-state index in [-0.39, 0.29) is 23.1 Å². The number of H-pyrrole nitrogens is 1. The van der Waals surface area contributed by atoms with Crippen molar-refractivity contribution < 1.29 is 4.79 Å². The summed E-state index contributed by atoms with van der Waals surface area (Å²) in [5.41, 5.74) is -1.03. The lowest BCUT2D eigenvalue weighted by Gasteiger charge is -2.22. The van der Waals surface area contributed by atoms with Gasteiger partial charge in [0.1, 0.15) is 5.54 Å². The van der Waals surface area contributed by atoms with E-state index in [9.17, 15) is 9.59 Å². The number of carbonyl (C=O) groups excluding carboxylic acids is 1. The number of nitrogens with one attached hydrogen (secondary N) is 2. The number of hydrogen-bond donors (Lipinski definition) is 2. The second kappa shape index (κ2) is 5.45.